The van der Waals surface area contributed by atoms with Gasteiger partial charge in [0.2, 0.25) is 0 Å². The van der Waals surface area contributed by atoms with E-state index in [1.165, 1.54) is 7.11 Å². The van der Waals surface area contributed by atoms with Gasteiger partial charge in [-0.05, 0) is 20.9 Å². The summed E-state index contributed by atoms with van der Waals surface area (Å²) < 4.78 is 4.73. The zero-order chi connectivity index (χ0) is 10.7. The second-order valence-electron chi connectivity index (χ2n) is 4.02. The molecule has 0 aromatic carbocycles. The van der Waals surface area contributed by atoms with Crippen LogP contribution in [0, 0.1) is 0 Å². The molecule has 0 aromatic rings. The standard InChI is InChI=1S/C10H20N2O2/c1-8-7-12(6-5-11(8)3)9(2)10(13)14-4/h8-9H,5-7H2,1-4H3/t8-,9+/m0/s1. The minimum absolute atomic E-state index is 0.115. The van der Waals surface area contributed by atoms with Gasteiger partial charge in [-0.2, -0.15) is 0 Å². The second kappa shape index (κ2) is 4.75. The number of likely N-dealkylation sites (N-methyl/N-ethyl adjacent to an activating group) is 1. The Morgan fingerprint density at radius 3 is 2.64 bits per heavy atom. The number of ether oxygens (including phenoxy) is 1. The molecule has 4 nitrogen and oxygen atoms in total. The summed E-state index contributed by atoms with van der Waals surface area (Å²) in [5.41, 5.74) is 0. The van der Waals surface area contributed by atoms with Crippen LogP contribution in [0.5, 0.6) is 0 Å². The zero-order valence-corrected chi connectivity index (χ0v) is 9.49. The third-order valence-electron chi connectivity index (χ3n) is 3.08. The van der Waals surface area contributed by atoms with E-state index in [1.54, 1.807) is 0 Å². The van der Waals surface area contributed by atoms with Crippen LogP contribution in [0.4, 0.5) is 0 Å². The van der Waals surface area contributed by atoms with E-state index in [9.17, 15) is 4.79 Å². The van der Waals surface area contributed by atoms with E-state index in [-0.39, 0.29) is 12.0 Å². The van der Waals surface area contributed by atoms with Crippen LogP contribution < -0.4 is 0 Å². The van der Waals surface area contributed by atoms with Crippen LogP contribution in [0.3, 0.4) is 0 Å². The molecule has 4 heteroatoms. The number of carbonyl (C=O) groups is 1. The maximum absolute atomic E-state index is 11.3. The highest BCUT2D eigenvalue weighted by Crippen LogP contribution is 2.10. The Morgan fingerprint density at radius 1 is 1.50 bits per heavy atom. The molecule has 0 saturated carbocycles. The molecule has 2 atom stereocenters. The van der Waals surface area contributed by atoms with Crippen molar-refractivity contribution in [3.8, 4) is 0 Å². The van der Waals surface area contributed by atoms with E-state index in [2.05, 4.69) is 23.8 Å². The third-order valence-corrected chi connectivity index (χ3v) is 3.08. The lowest BCUT2D eigenvalue weighted by Crippen LogP contribution is -2.54. The Morgan fingerprint density at radius 2 is 2.14 bits per heavy atom. The van der Waals surface area contributed by atoms with Gasteiger partial charge in [0.25, 0.3) is 0 Å². The lowest BCUT2D eigenvalue weighted by atomic mass is 10.1. The SMILES string of the molecule is COC(=O)[C@@H](C)N1CCN(C)[C@@H](C)C1. The molecule has 1 fully saturated rings. The molecular weight excluding hydrogens is 180 g/mol. The quantitative estimate of drug-likeness (QED) is 0.595. The second-order valence-corrected chi connectivity index (χ2v) is 4.02. The fourth-order valence-corrected chi connectivity index (χ4v) is 1.75. The Balaban J connectivity index is 2.50. The number of hydrogen-bond acceptors (Lipinski definition) is 4. The minimum atomic E-state index is -0.137. The lowest BCUT2D eigenvalue weighted by molar-refractivity contribution is -0.147. The highest BCUT2D eigenvalue weighted by atomic mass is 16.5. The van der Waals surface area contributed by atoms with E-state index in [0.717, 1.165) is 19.6 Å². The van der Waals surface area contributed by atoms with Crippen molar-refractivity contribution in [3.63, 3.8) is 0 Å². The van der Waals surface area contributed by atoms with Crippen molar-refractivity contribution in [2.45, 2.75) is 25.9 Å². The Bertz CT molecular complexity index is 208. The molecule has 0 radical (unpaired) electrons. The Hall–Kier alpha value is -0.610. The molecule has 14 heavy (non-hydrogen) atoms. The van der Waals surface area contributed by atoms with Gasteiger partial charge in [-0.3, -0.25) is 9.69 Å². The zero-order valence-electron chi connectivity index (χ0n) is 9.49. The predicted molar refractivity (Wildman–Crippen MR) is 55.1 cm³/mol. The van der Waals surface area contributed by atoms with E-state index >= 15 is 0 Å². The van der Waals surface area contributed by atoms with Crippen molar-refractivity contribution in [3.05, 3.63) is 0 Å². The normalized spacial score (nSPS) is 27.3. The van der Waals surface area contributed by atoms with Crippen LogP contribution in [0.15, 0.2) is 0 Å². The number of esters is 1. The molecule has 1 heterocycles. The summed E-state index contributed by atoms with van der Waals surface area (Å²) >= 11 is 0. The highest BCUT2D eigenvalue weighted by Gasteiger charge is 2.28. The monoisotopic (exact) mass is 200 g/mol. The average molecular weight is 200 g/mol. The molecule has 1 saturated heterocycles. The predicted octanol–water partition coefficient (Wildman–Crippen LogP) is 0.184. The average Bonchev–Trinajstić information content (AvgIpc) is 2.20. The third kappa shape index (κ3) is 2.45. The summed E-state index contributed by atoms with van der Waals surface area (Å²) in [6.07, 6.45) is 0. The largest absolute Gasteiger partial charge is 0.468 e. The summed E-state index contributed by atoms with van der Waals surface area (Å²) in [4.78, 5) is 15.8. The molecule has 1 aliphatic heterocycles. The molecule has 0 unspecified atom stereocenters. The number of carbonyl (C=O) groups excluding carboxylic acids is 1. The summed E-state index contributed by atoms with van der Waals surface area (Å²) in [6, 6.07) is 0.395. The maximum Gasteiger partial charge on any atom is 0.322 e. The number of nitrogens with zero attached hydrogens (tertiary/aromatic N) is 2. The number of methoxy groups -OCH3 is 1. The molecule has 0 amide bonds. The first-order chi connectivity index (χ1) is 6.56. The molecule has 1 rings (SSSR count). The fraction of sp³-hybridized carbons (Fsp3) is 0.900. The topological polar surface area (TPSA) is 32.8 Å². The Kier molecular flexibility index (Phi) is 3.89. The summed E-state index contributed by atoms with van der Waals surface area (Å²) in [5.74, 6) is -0.137. The van der Waals surface area contributed by atoms with E-state index in [1.807, 2.05) is 6.92 Å². The van der Waals surface area contributed by atoms with Gasteiger partial charge in [-0.25, -0.2) is 0 Å². The van der Waals surface area contributed by atoms with Crippen molar-refractivity contribution in [2.24, 2.45) is 0 Å². The minimum Gasteiger partial charge on any atom is -0.468 e. The van der Waals surface area contributed by atoms with Gasteiger partial charge >= 0.3 is 5.97 Å². The molecular formula is C10H20N2O2. The molecule has 0 aromatic heterocycles. The van der Waals surface area contributed by atoms with Crippen LogP contribution in [0.25, 0.3) is 0 Å². The Labute approximate surface area is 85.8 Å². The molecule has 0 spiro atoms. The molecule has 0 aliphatic carbocycles. The van der Waals surface area contributed by atoms with E-state index in [0.29, 0.717) is 6.04 Å². The van der Waals surface area contributed by atoms with E-state index < -0.39 is 0 Å². The molecule has 0 N–H and O–H groups in total. The van der Waals surface area contributed by atoms with Gasteiger partial charge in [-0.15, -0.1) is 0 Å². The molecule has 0 bridgehead atoms. The van der Waals surface area contributed by atoms with Gasteiger partial charge in [0.1, 0.15) is 6.04 Å². The van der Waals surface area contributed by atoms with Gasteiger partial charge in [0.05, 0.1) is 7.11 Å². The molecule has 1 aliphatic rings. The smallest absolute Gasteiger partial charge is 0.322 e. The first-order valence-electron chi connectivity index (χ1n) is 5.08. The summed E-state index contributed by atoms with van der Waals surface area (Å²) in [7, 11) is 3.56. The number of piperazine rings is 1. The lowest BCUT2D eigenvalue weighted by Gasteiger charge is -2.39. The van der Waals surface area contributed by atoms with Crippen LogP contribution in [0.1, 0.15) is 13.8 Å². The first kappa shape index (κ1) is 11.5. The summed E-state index contributed by atoms with van der Waals surface area (Å²) in [5, 5.41) is 0. The number of rotatable bonds is 2. The van der Waals surface area contributed by atoms with Crippen molar-refractivity contribution in [2.75, 3.05) is 33.8 Å². The van der Waals surface area contributed by atoms with E-state index in [4.69, 9.17) is 4.74 Å². The van der Waals surface area contributed by atoms with Gasteiger partial charge in [0, 0.05) is 25.7 Å². The van der Waals surface area contributed by atoms with Crippen molar-refractivity contribution in [1.29, 1.82) is 0 Å². The molecule has 82 valence electrons. The highest BCUT2D eigenvalue weighted by molar-refractivity contribution is 5.75. The van der Waals surface area contributed by atoms with Crippen molar-refractivity contribution in [1.82, 2.24) is 9.80 Å². The van der Waals surface area contributed by atoms with Crippen LogP contribution >= 0.6 is 0 Å². The van der Waals surface area contributed by atoms with Crippen LogP contribution in [-0.4, -0.2) is 61.6 Å². The summed E-state index contributed by atoms with van der Waals surface area (Å²) in [6.45, 7) is 6.98. The van der Waals surface area contributed by atoms with Gasteiger partial charge in [0.15, 0.2) is 0 Å². The van der Waals surface area contributed by atoms with Gasteiger partial charge < -0.3 is 9.64 Å². The fourth-order valence-electron chi connectivity index (χ4n) is 1.75. The van der Waals surface area contributed by atoms with Crippen LogP contribution in [-0.2, 0) is 9.53 Å². The van der Waals surface area contributed by atoms with Crippen molar-refractivity contribution >= 4 is 5.97 Å². The van der Waals surface area contributed by atoms with Gasteiger partial charge in [-0.1, -0.05) is 0 Å². The maximum atomic E-state index is 11.3. The van der Waals surface area contributed by atoms with Crippen LogP contribution in [0.2, 0.25) is 0 Å². The first-order valence-corrected chi connectivity index (χ1v) is 5.08. The number of hydrogen-bond donors (Lipinski definition) is 0. The van der Waals surface area contributed by atoms with Crippen molar-refractivity contribution < 1.29 is 9.53 Å².